The molecular weight excluding hydrogens is 146 g/mol. The van der Waals surface area contributed by atoms with Gasteiger partial charge in [-0.3, -0.25) is 0 Å². The molecule has 1 N–H and O–H groups in total. The first-order valence-corrected chi connectivity index (χ1v) is 4.43. The zero-order chi connectivity index (χ0) is 9.45. The summed E-state index contributed by atoms with van der Waals surface area (Å²) in [6.07, 6.45) is 9.03. The Labute approximate surface area is 76.2 Å². The van der Waals surface area contributed by atoms with Crippen LogP contribution >= 0.6 is 0 Å². The van der Waals surface area contributed by atoms with Crippen molar-refractivity contribution in [2.45, 2.75) is 26.7 Å². The van der Waals surface area contributed by atoms with Gasteiger partial charge in [-0.2, -0.15) is 0 Å². The highest BCUT2D eigenvalue weighted by molar-refractivity contribution is 4.96. The van der Waals surface area contributed by atoms with Crippen molar-refractivity contribution >= 4 is 0 Å². The van der Waals surface area contributed by atoms with Crippen molar-refractivity contribution in [3.8, 4) is 12.3 Å². The highest BCUT2D eigenvalue weighted by Gasteiger charge is 2.20. The molecular formula is C11H19N. The SMILES string of the molecule is C#CCC(C)(CC=C)CNCC. The predicted octanol–water partition coefficient (Wildman–Crippen LogP) is 2.20. The van der Waals surface area contributed by atoms with Gasteiger partial charge in [-0.1, -0.05) is 19.9 Å². The van der Waals surface area contributed by atoms with E-state index in [2.05, 4.69) is 31.7 Å². The first-order valence-electron chi connectivity index (χ1n) is 4.43. The monoisotopic (exact) mass is 165 g/mol. The van der Waals surface area contributed by atoms with Gasteiger partial charge in [-0.15, -0.1) is 18.9 Å². The largest absolute Gasteiger partial charge is 0.316 e. The van der Waals surface area contributed by atoms with Gasteiger partial charge in [-0.25, -0.2) is 0 Å². The van der Waals surface area contributed by atoms with Gasteiger partial charge in [0.1, 0.15) is 0 Å². The second-order valence-corrected chi connectivity index (χ2v) is 3.46. The van der Waals surface area contributed by atoms with E-state index >= 15 is 0 Å². The van der Waals surface area contributed by atoms with Gasteiger partial charge < -0.3 is 5.32 Å². The van der Waals surface area contributed by atoms with Gasteiger partial charge in [0.25, 0.3) is 0 Å². The second kappa shape index (κ2) is 5.85. The zero-order valence-corrected chi connectivity index (χ0v) is 8.19. The van der Waals surface area contributed by atoms with Crippen molar-refractivity contribution in [3.63, 3.8) is 0 Å². The second-order valence-electron chi connectivity index (χ2n) is 3.46. The van der Waals surface area contributed by atoms with Crippen LogP contribution < -0.4 is 5.32 Å². The fraction of sp³-hybridized carbons (Fsp3) is 0.636. The molecule has 0 aliphatic carbocycles. The fourth-order valence-corrected chi connectivity index (χ4v) is 1.23. The highest BCUT2D eigenvalue weighted by atomic mass is 14.9. The minimum atomic E-state index is 0.187. The van der Waals surface area contributed by atoms with Crippen molar-refractivity contribution in [1.82, 2.24) is 5.32 Å². The Kier molecular flexibility index (Phi) is 5.49. The molecule has 0 amide bonds. The highest BCUT2D eigenvalue weighted by Crippen LogP contribution is 2.24. The minimum Gasteiger partial charge on any atom is -0.316 e. The molecule has 0 aliphatic rings. The Bertz CT molecular complexity index is 166. The molecule has 0 bridgehead atoms. The van der Waals surface area contributed by atoms with Crippen LogP contribution in [0.25, 0.3) is 0 Å². The smallest absolute Gasteiger partial charge is 0.0155 e. The summed E-state index contributed by atoms with van der Waals surface area (Å²) in [7, 11) is 0. The molecule has 1 atom stereocenters. The molecule has 0 aromatic carbocycles. The van der Waals surface area contributed by atoms with Crippen LogP contribution in [-0.2, 0) is 0 Å². The Balaban J connectivity index is 3.99. The normalized spacial score (nSPS) is 14.8. The van der Waals surface area contributed by atoms with E-state index in [-0.39, 0.29) is 5.41 Å². The van der Waals surface area contributed by atoms with Crippen molar-refractivity contribution < 1.29 is 0 Å². The Hall–Kier alpha value is -0.740. The summed E-state index contributed by atoms with van der Waals surface area (Å²) >= 11 is 0. The van der Waals surface area contributed by atoms with Crippen LogP contribution in [0.1, 0.15) is 26.7 Å². The van der Waals surface area contributed by atoms with Crippen molar-refractivity contribution in [1.29, 1.82) is 0 Å². The lowest BCUT2D eigenvalue weighted by molar-refractivity contribution is 0.320. The summed E-state index contributed by atoms with van der Waals surface area (Å²) in [5.74, 6) is 2.71. The van der Waals surface area contributed by atoms with Crippen LogP contribution in [0.15, 0.2) is 12.7 Å². The summed E-state index contributed by atoms with van der Waals surface area (Å²) in [5.41, 5.74) is 0.187. The van der Waals surface area contributed by atoms with Gasteiger partial charge in [-0.05, 0) is 18.4 Å². The average molecular weight is 165 g/mol. The van der Waals surface area contributed by atoms with Crippen LogP contribution in [-0.4, -0.2) is 13.1 Å². The van der Waals surface area contributed by atoms with E-state index < -0.39 is 0 Å². The van der Waals surface area contributed by atoms with E-state index in [0.717, 1.165) is 25.9 Å². The maximum atomic E-state index is 5.30. The fourth-order valence-electron chi connectivity index (χ4n) is 1.23. The molecule has 0 radical (unpaired) electrons. The van der Waals surface area contributed by atoms with Crippen molar-refractivity contribution in [2.24, 2.45) is 5.41 Å². The van der Waals surface area contributed by atoms with Crippen LogP contribution in [0.5, 0.6) is 0 Å². The lowest BCUT2D eigenvalue weighted by atomic mass is 9.83. The third-order valence-corrected chi connectivity index (χ3v) is 1.97. The van der Waals surface area contributed by atoms with Gasteiger partial charge in [0.05, 0.1) is 0 Å². The van der Waals surface area contributed by atoms with E-state index in [0.29, 0.717) is 0 Å². The molecule has 0 aromatic rings. The molecule has 1 heteroatoms. The van der Waals surface area contributed by atoms with Gasteiger partial charge >= 0.3 is 0 Å². The number of hydrogen-bond donors (Lipinski definition) is 1. The van der Waals surface area contributed by atoms with Crippen LogP contribution in [0.4, 0.5) is 0 Å². The number of terminal acetylenes is 1. The summed E-state index contributed by atoms with van der Waals surface area (Å²) in [5, 5.41) is 3.32. The van der Waals surface area contributed by atoms with Gasteiger partial charge in [0.2, 0.25) is 0 Å². The molecule has 1 unspecified atom stereocenters. The molecule has 0 aromatic heterocycles. The molecule has 0 spiro atoms. The Morgan fingerprint density at radius 3 is 2.75 bits per heavy atom. The maximum Gasteiger partial charge on any atom is 0.0155 e. The first-order chi connectivity index (χ1) is 5.68. The molecule has 0 aliphatic heterocycles. The van der Waals surface area contributed by atoms with Crippen molar-refractivity contribution in [2.75, 3.05) is 13.1 Å². The van der Waals surface area contributed by atoms with E-state index in [1.807, 2.05) is 6.08 Å². The molecule has 12 heavy (non-hydrogen) atoms. The van der Waals surface area contributed by atoms with E-state index in [1.165, 1.54) is 0 Å². The first kappa shape index (κ1) is 11.3. The number of allylic oxidation sites excluding steroid dienone is 1. The summed E-state index contributed by atoms with van der Waals surface area (Å²) in [4.78, 5) is 0. The van der Waals surface area contributed by atoms with Crippen LogP contribution in [0.3, 0.4) is 0 Å². The van der Waals surface area contributed by atoms with Crippen LogP contribution in [0.2, 0.25) is 0 Å². The molecule has 1 nitrogen and oxygen atoms in total. The Morgan fingerprint density at radius 1 is 1.67 bits per heavy atom. The van der Waals surface area contributed by atoms with E-state index in [1.54, 1.807) is 0 Å². The molecule has 0 saturated carbocycles. The number of rotatable bonds is 6. The third-order valence-electron chi connectivity index (χ3n) is 1.97. The van der Waals surface area contributed by atoms with Gasteiger partial charge in [0, 0.05) is 13.0 Å². The lowest BCUT2D eigenvalue weighted by Crippen LogP contribution is -2.31. The Morgan fingerprint density at radius 2 is 2.33 bits per heavy atom. The number of nitrogens with one attached hydrogen (secondary N) is 1. The quantitative estimate of drug-likeness (QED) is 0.470. The molecule has 68 valence electrons. The molecule has 0 fully saturated rings. The lowest BCUT2D eigenvalue weighted by Gasteiger charge is -2.26. The maximum absolute atomic E-state index is 5.30. The van der Waals surface area contributed by atoms with Crippen molar-refractivity contribution in [3.05, 3.63) is 12.7 Å². The zero-order valence-electron chi connectivity index (χ0n) is 8.19. The van der Waals surface area contributed by atoms with E-state index in [9.17, 15) is 0 Å². The molecule has 0 heterocycles. The van der Waals surface area contributed by atoms with Crippen LogP contribution in [0, 0.1) is 17.8 Å². The minimum absolute atomic E-state index is 0.187. The summed E-state index contributed by atoms with van der Waals surface area (Å²) in [6.45, 7) is 10.0. The summed E-state index contributed by atoms with van der Waals surface area (Å²) < 4.78 is 0. The van der Waals surface area contributed by atoms with Gasteiger partial charge in [0.15, 0.2) is 0 Å². The average Bonchev–Trinajstić information content (AvgIpc) is 2.02. The molecule has 0 saturated heterocycles. The predicted molar refractivity (Wildman–Crippen MR) is 54.9 cm³/mol. The standard InChI is InChI=1S/C11H19N/c1-5-8-11(4,9-6-2)10-12-7-3/h1,6,12H,2,7-10H2,3-4H3. The number of hydrogen-bond acceptors (Lipinski definition) is 1. The molecule has 0 rings (SSSR count). The topological polar surface area (TPSA) is 12.0 Å². The van der Waals surface area contributed by atoms with E-state index in [4.69, 9.17) is 6.42 Å². The summed E-state index contributed by atoms with van der Waals surface area (Å²) in [6, 6.07) is 0. The third kappa shape index (κ3) is 4.20.